The second kappa shape index (κ2) is 5.78. The first kappa shape index (κ1) is 12.8. The molecule has 1 aliphatic rings. The SMILES string of the molecule is CNC1CCC(N(C)c2cnc(C#N)cn2)CC1. The summed E-state index contributed by atoms with van der Waals surface area (Å²) in [7, 11) is 4.08. The van der Waals surface area contributed by atoms with Gasteiger partial charge in [0.1, 0.15) is 11.9 Å². The number of rotatable bonds is 3. The highest BCUT2D eigenvalue weighted by Crippen LogP contribution is 2.24. The molecule has 1 fully saturated rings. The molecule has 0 radical (unpaired) electrons. The molecule has 0 aliphatic heterocycles. The Labute approximate surface area is 108 Å². The average Bonchev–Trinajstić information content (AvgIpc) is 2.47. The Balaban J connectivity index is 1.98. The highest BCUT2D eigenvalue weighted by molar-refractivity contribution is 5.37. The van der Waals surface area contributed by atoms with E-state index in [0.29, 0.717) is 17.8 Å². The number of hydrogen-bond acceptors (Lipinski definition) is 5. The number of nitrogens with one attached hydrogen (secondary N) is 1. The fourth-order valence-corrected chi connectivity index (χ4v) is 2.50. The van der Waals surface area contributed by atoms with Crippen LogP contribution in [-0.2, 0) is 0 Å². The quantitative estimate of drug-likeness (QED) is 0.870. The summed E-state index contributed by atoms with van der Waals surface area (Å²) in [5.41, 5.74) is 0.367. The molecule has 5 heteroatoms. The van der Waals surface area contributed by atoms with Crippen LogP contribution in [0.4, 0.5) is 5.82 Å². The van der Waals surface area contributed by atoms with Gasteiger partial charge in [-0.1, -0.05) is 0 Å². The van der Waals surface area contributed by atoms with Gasteiger partial charge in [0.05, 0.1) is 12.4 Å². The minimum Gasteiger partial charge on any atom is -0.355 e. The van der Waals surface area contributed by atoms with Crippen molar-refractivity contribution in [2.75, 3.05) is 19.0 Å². The van der Waals surface area contributed by atoms with Gasteiger partial charge in [-0.3, -0.25) is 0 Å². The van der Waals surface area contributed by atoms with Crippen LogP contribution in [-0.4, -0.2) is 36.1 Å². The van der Waals surface area contributed by atoms with Crippen LogP contribution < -0.4 is 10.2 Å². The van der Waals surface area contributed by atoms with Gasteiger partial charge in [-0.25, -0.2) is 9.97 Å². The second-order valence-corrected chi connectivity index (χ2v) is 4.78. The first-order chi connectivity index (χ1) is 8.74. The number of hydrogen-bond donors (Lipinski definition) is 1. The summed E-state index contributed by atoms with van der Waals surface area (Å²) in [5.74, 6) is 0.849. The standard InChI is InChI=1S/C13H19N5/c1-15-10-3-5-12(6-4-10)18(2)13-9-16-11(7-14)8-17-13/h8-10,12,15H,3-6H2,1-2H3. The van der Waals surface area contributed by atoms with Crippen molar-refractivity contribution >= 4 is 5.82 Å². The maximum Gasteiger partial charge on any atom is 0.158 e. The molecule has 1 aliphatic carbocycles. The number of nitriles is 1. The van der Waals surface area contributed by atoms with E-state index in [2.05, 4.69) is 27.2 Å². The molecular formula is C13H19N5. The zero-order valence-corrected chi connectivity index (χ0v) is 10.9. The summed E-state index contributed by atoms with van der Waals surface area (Å²) in [4.78, 5) is 10.5. The predicted octanol–water partition coefficient (Wildman–Crippen LogP) is 1.32. The first-order valence-electron chi connectivity index (χ1n) is 6.37. The van der Waals surface area contributed by atoms with Gasteiger partial charge in [0, 0.05) is 19.1 Å². The second-order valence-electron chi connectivity index (χ2n) is 4.78. The Morgan fingerprint density at radius 2 is 2.00 bits per heavy atom. The Bertz CT molecular complexity index is 414. The molecule has 1 heterocycles. The molecule has 96 valence electrons. The van der Waals surface area contributed by atoms with E-state index in [1.165, 1.54) is 31.9 Å². The molecule has 0 amide bonds. The molecular weight excluding hydrogens is 226 g/mol. The third kappa shape index (κ3) is 2.77. The molecule has 1 saturated carbocycles. The molecule has 0 saturated heterocycles. The van der Waals surface area contributed by atoms with E-state index in [-0.39, 0.29) is 0 Å². The number of anilines is 1. The lowest BCUT2D eigenvalue weighted by atomic mass is 9.90. The monoisotopic (exact) mass is 245 g/mol. The van der Waals surface area contributed by atoms with Gasteiger partial charge in [-0.05, 0) is 32.7 Å². The molecule has 0 spiro atoms. The van der Waals surface area contributed by atoms with Crippen LogP contribution in [0.1, 0.15) is 31.4 Å². The molecule has 0 atom stereocenters. The summed E-state index contributed by atoms with van der Waals surface area (Å²) in [5, 5.41) is 12.0. The van der Waals surface area contributed by atoms with Gasteiger partial charge < -0.3 is 10.2 Å². The van der Waals surface area contributed by atoms with Crippen LogP contribution >= 0.6 is 0 Å². The highest BCUT2D eigenvalue weighted by Gasteiger charge is 2.23. The van der Waals surface area contributed by atoms with Crippen LogP contribution in [0.15, 0.2) is 12.4 Å². The van der Waals surface area contributed by atoms with E-state index in [1.807, 2.05) is 13.1 Å². The van der Waals surface area contributed by atoms with E-state index in [9.17, 15) is 0 Å². The average molecular weight is 245 g/mol. The van der Waals surface area contributed by atoms with Crippen LogP contribution in [0.2, 0.25) is 0 Å². The van der Waals surface area contributed by atoms with Crippen molar-refractivity contribution in [2.45, 2.75) is 37.8 Å². The predicted molar refractivity (Wildman–Crippen MR) is 70.3 cm³/mol. The van der Waals surface area contributed by atoms with Crippen molar-refractivity contribution in [3.05, 3.63) is 18.1 Å². The van der Waals surface area contributed by atoms with Crippen molar-refractivity contribution in [3.63, 3.8) is 0 Å². The van der Waals surface area contributed by atoms with E-state index >= 15 is 0 Å². The van der Waals surface area contributed by atoms with Crippen molar-refractivity contribution < 1.29 is 0 Å². The maximum absolute atomic E-state index is 8.70. The van der Waals surface area contributed by atoms with E-state index in [1.54, 1.807) is 6.20 Å². The topological polar surface area (TPSA) is 64.8 Å². The molecule has 0 bridgehead atoms. The van der Waals surface area contributed by atoms with Gasteiger partial charge in [-0.2, -0.15) is 5.26 Å². The molecule has 0 aromatic carbocycles. The fourth-order valence-electron chi connectivity index (χ4n) is 2.50. The zero-order chi connectivity index (χ0) is 13.0. The largest absolute Gasteiger partial charge is 0.355 e. The maximum atomic E-state index is 8.70. The lowest BCUT2D eigenvalue weighted by Gasteiger charge is -2.35. The molecule has 1 N–H and O–H groups in total. The summed E-state index contributed by atoms with van der Waals surface area (Å²) in [6.07, 6.45) is 7.96. The van der Waals surface area contributed by atoms with Crippen molar-refractivity contribution in [2.24, 2.45) is 0 Å². The van der Waals surface area contributed by atoms with Crippen LogP contribution in [0.25, 0.3) is 0 Å². The zero-order valence-electron chi connectivity index (χ0n) is 10.9. The van der Waals surface area contributed by atoms with Gasteiger partial charge in [0.2, 0.25) is 0 Å². The van der Waals surface area contributed by atoms with Crippen molar-refractivity contribution in [1.29, 1.82) is 5.26 Å². The molecule has 1 aromatic heterocycles. The Hall–Kier alpha value is -1.67. The van der Waals surface area contributed by atoms with Gasteiger partial charge in [-0.15, -0.1) is 0 Å². The minimum atomic E-state index is 0.367. The van der Waals surface area contributed by atoms with Crippen LogP contribution in [0.3, 0.4) is 0 Å². The summed E-state index contributed by atoms with van der Waals surface area (Å²) >= 11 is 0. The molecule has 1 aromatic rings. The van der Waals surface area contributed by atoms with Gasteiger partial charge in [0.15, 0.2) is 5.69 Å². The fraction of sp³-hybridized carbons (Fsp3) is 0.615. The van der Waals surface area contributed by atoms with E-state index in [0.717, 1.165) is 5.82 Å². The van der Waals surface area contributed by atoms with Crippen molar-refractivity contribution in [1.82, 2.24) is 15.3 Å². The minimum absolute atomic E-state index is 0.367. The summed E-state index contributed by atoms with van der Waals surface area (Å²) in [6.45, 7) is 0. The van der Waals surface area contributed by atoms with Crippen molar-refractivity contribution in [3.8, 4) is 6.07 Å². The normalized spacial score (nSPS) is 23.4. The molecule has 5 nitrogen and oxygen atoms in total. The first-order valence-corrected chi connectivity index (χ1v) is 6.37. The number of nitrogens with zero attached hydrogens (tertiary/aromatic N) is 4. The Morgan fingerprint density at radius 3 is 2.50 bits per heavy atom. The third-order valence-electron chi connectivity index (χ3n) is 3.77. The lowest BCUT2D eigenvalue weighted by Crippen LogP contribution is -2.40. The molecule has 0 unspecified atom stereocenters. The number of aromatic nitrogens is 2. The molecule has 2 rings (SSSR count). The Morgan fingerprint density at radius 1 is 1.28 bits per heavy atom. The van der Waals surface area contributed by atoms with Crippen LogP contribution in [0, 0.1) is 11.3 Å². The third-order valence-corrected chi connectivity index (χ3v) is 3.77. The lowest BCUT2D eigenvalue weighted by molar-refractivity contribution is 0.350. The van der Waals surface area contributed by atoms with Gasteiger partial charge >= 0.3 is 0 Å². The molecule has 18 heavy (non-hydrogen) atoms. The van der Waals surface area contributed by atoms with Gasteiger partial charge in [0.25, 0.3) is 0 Å². The van der Waals surface area contributed by atoms with Crippen LogP contribution in [0.5, 0.6) is 0 Å². The van der Waals surface area contributed by atoms with E-state index in [4.69, 9.17) is 5.26 Å². The van der Waals surface area contributed by atoms with E-state index < -0.39 is 0 Å². The summed E-state index contributed by atoms with van der Waals surface area (Å²) < 4.78 is 0. The smallest absolute Gasteiger partial charge is 0.158 e. The Kier molecular flexibility index (Phi) is 4.11. The highest BCUT2D eigenvalue weighted by atomic mass is 15.2. The summed E-state index contributed by atoms with van der Waals surface area (Å²) in [6, 6.07) is 3.16.